The summed E-state index contributed by atoms with van der Waals surface area (Å²) in [5.74, 6) is -2.17. The van der Waals surface area contributed by atoms with Crippen molar-refractivity contribution in [1.82, 2.24) is 20.2 Å². The molecule has 0 radical (unpaired) electrons. The maximum Gasteiger partial charge on any atom is 0.330 e. The minimum Gasteiger partial charge on any atom is -0.497 e. The maximum absolute atomic E-state index is 13.8. The maximum atomic E-state index is 13.8. The summed E-state index contributed by atoms with van der Waals surface area (Å²) in [4.78, 5) is 51.2. The van der Waals surface area contributed by atoms with Crippen molar-refractivity contribution in [2.75, 3.05) is 26.0 Å². The predicted octanol–water partition coefficient (Wildman–Crippen LogP) is 5.12. The highest BCUT2D eigenvalue weighted by molar-refractivity contribution is 7.14. The van der Waals surface area contributed by atoms with E-state index in [1.54, 1.807) is 19.1 Å². The molecule has 2 fully saturated rings. The fourth-order valence-electron chi connectivity index (χ4n) is 6.61. The first-order valence-electron chi connectivity index (χ1n) is 15.9. The van der Waals surface area contributed by atoms with E-state index in [2.05, 4.69) is 24.5 Å². The molecule has 1 aromatic carbocycles. The lowest BCUT2D eigenvalue weighted by atomic mass is 9.93. The van der Waals surface area contributed by atoms with E-state index in [1.165, 1.54) is 11.3 Å². The number of nitrogens with zero attached hydrogens (tertiary/aromatic N) is 3. The van der Waals surface area contributed by atoms with Crippen molar-refractivity contribution in [2.45, 2.75) is 70.1 Å². The zero-order chi connectivity index (χ0) is 32.6. The molecule has 0 unspecified atom stereocenters. The van der Waals surface area contributed by atoms with Crippen LogP contribution < -0.4 is 20.1 Å². The molecule has 6 rings (SSSR count). The molecule has 2 aromatic heterocycles. The van der Waals surface area contributed by atoms with Crippen LogP contribution in [0.4, 0.5) is 5.13 Å². The zero-order valence-corrected chi connectivity index (χ0v) is 27.4. The number of ether oxygens (including phenoxy) is 2. The molecule has 3 aliphatic rings. The molecule has 12 heteroatoms. The van der Waals surface area contributed by atoms with E-state index in [0.717, 1.165) is 35.2 Å². The molecule has 3 aromatic rings. The Morgan fingerprint density at radius 3 is 2.72 bits per heavy atom. The van der Waals surface area contributed by atoms with Gasteiger partial charge < -0.3 is 30.1 Å². The van der Waals surface area contributed by atoms with Gasteiger partial charge in [0.2, 0.25) is 17.7 Å². The van der Waals surface area contributed by atoms with Crippen LogP contribution in [-0.2, 0) is 14.4 Å². The number of carboxylic acids is 1. The number of rotatable bonds is 7. The van der Waals surface area contributed by atoms with E-state index in [0.29, 0.717) is 42.4 Å². The van der Waals surface area contributed by atoms with E-state index in [-0.39, 0.29) is 24.3 Å². The van der Waals surface area contributed by atoms with Crippen LogP contribution in [-0.4, -0.2) is 76.1 Å². The monoisotopic (exact) mass is 647 g/mol. The number of amides is 2. The number of anilines is 1. The Morgan fingerprint density at radius 1 is 1.15 bits per heavy atom. The lowest BCUT2D eigenvalue weighted by Gasteiger charge is -2.26. The third-order valence-corrected chi connectivity index (χ3v) is 10.0. The fourth-order valence-corrected chi connectivity index (χ4v) is 7.46. The van der Waals surface area contributed by atoms with E-state index < -0.39 is 35.4 Å². The minimum atomic E-state index is -1.34. The molecular formula is C34H41N5O6S. The number of hydrogen-bond donors (Lipinski definition) is 3. The number of aliphatic carboxylic acids is 1. The Bertz CT molecular complexity index is 1670. The number of benzene rings is 1. The standard InChI is InChI=1S/C34H41N5O6S/c1-19(2)35-33-37-28(18-46-33)27-14-20-13-22(44-4)10-11-24(20)30(36-27)45-23-15-25-26(16-23)31(41)39(3)12-8-6-5-7-9-21-17-34(21,32(42)43)38-29(25)40/h7,9-11,13-14,18-19,21,23,25-26H,5-6,8,12,15-17H2,1-4H3,(H,35,37)(H,38,40)(H,42,43)/t21-,23-,25-,26-,34-/m1/s1. The van der Waals surface area contributed by atoms with Crippen LogP contribution in [0.3, 0.4) is 0 Å². The highest BCUT2D eigenvalue weighted by Gasteiger charge is 2.61. The molecular weight excluding hydrogens is 606 g/mol. The smallest absolute Gasteiger partial charge is 0.330 e. The lowest BCUT2D eigenvalue weighted by molar-refractivity contribution is -0.145. The third-order valence-electron chi connectivity index (χ3n) is 9.24. The van der Waals surface area contributed by atoms with E-state index in [9.17, 15) is 19.5 Å². The molecule has 0 bridgehead atoms. The number of allylic oxidation sites excluding steroid dienone is 1. The topological polar surface area (TPSA) is 143 Å². The van der Waals surface area contributed by atoms with Crippen LogP contribution >= 0.6 is 11.3 Å². The predicted molar refractivity (Wildman–Crippen MR) is 176 cm³/mol. The summed E-state index contributed by atoms with van der Waals surface area (Å²) < 4.78 is 12.1. The third kappa shape index (κ3) is 6.40. The van der Waals surface area contributed by atoms with Crippen molar-refractivity contribution in [2.24, 2.45) is 17.8 Å². The average Bonchev–Trinajstić information content (AvgIpc) is 3.31. The summed E-state index contributed by atoms with van der Waals surface area (Å²) in [6.07, 6.45) is 6.83. The first kappa shape index (κ1) is 31.8. The Balaban J connectivity index is 1.32. The highest BCUT2D eigenvalue weighted by atomic mass is 32.1. The Labute approximate surface area is 272 Å². The summed E-state index contributed by atoms with van der Waals surface area (Å²) in [6, 6.07) is 7.83. The van der Waals surface area contributed by atoms with Gasteiger partial charge >= 0.3 is 5.97 Å². The molecule has 1 aliphatic heterocycles. The number of carboxylic acid groups (broad SMARTS) is 1. The second-order valence-electron chi connectivity index (χ2n) is 12.9. The second kappa shape index (κ2) is 12.9. The Kier molecular flexibility index (Phi) is 8.91. The lowest BCUT2D eigenvalue weighted by Crippen LogP contribution is -2.49. The Hall–Kier alpha value is -4.19. The van der Waals surface area contributed by atoms with Crippen molar-refractivity contribution in [3.63, 3.8) is 0 Å². The SMILES string of the molecule is COc1ccc2c(O[C@@H]3C[C@H]4C(=O)N[C@]5(C(=O)O)C[C@H]5C=CCCCCN(C)C(=O)[C@@H]4C3)nc(-c3csc(NC(C)C)n3)cc2c1. The number of carbonyl (C=O) groups excluding carboxylic acids is 2. The van der Waals surface area contributed by atoms with E-state index >= 15 is 0 Å². The molecule has 2 amide bonds. The molecule has 3 N–H and O–H groups in total. The fraction of sp³-hybridized carbons (Fsp3) is 0.500. The molecule has 244 valence electrons. The first-order chi connectivity index (χ1) is 22.1. The zero-order valence-electron chi connectivity index (χ0n) is 26.6. The molecule has 2 aliphatic carbocycles. The van der Waals surface area contributed by atoms with Gasteiger partial charge in [-0.05, 0) is 82.0 Å². The van der Waals surface area contributed by atoms with Crippen LogP contribution in [0.15, 0.2) is 41.8 Å². The van der Waals surface area contributed by atoms with Gasteiger partial charge in [0.25, 0.3) is 0 Å². The second-order valence-corrected chi connectivity index (χ2v) is 13.8. The number of methoxy groups -OCH3 is 1. The summed E-state index contributed by atoms with van der Waals surface area (Å²) >= 11 is 1.50. The largest absolute Gasteiger partial charge is 0.497 e. The normalized spacial score (nSPS) is 26.7. The van der Waals surface area contributed by atoms with Crippen molar-refractivity contribution < 1.29 is 29.0 Å². The van der Waals surface area contributed by atoms with Crippen LogP contribution in [0, 0.1) is 17.8 Å². The van der Waals surface area contributed by atoms with Crippen molar-refractivity contribution in [1.29, 1.82) is 0 Å². The summed E-state index contributed by atoms with van der Waals surface area (Å²) in [7, 11) is 3.38. The molecule has 0 saturated heterocycles. The molecule has 3 heterocycles. The van der Waals surface area contributed by atoms with Gasteiger partial charge in [-0.1, -0.05) is 12.2 Å². The summed E-state index contributed by atoms with van der Waals surface area (Å²) in [5, 5.41) is 20.6. The number of carbonyl (C=O) groups is 3. The van der Waals surface area contributed by atoms with Gasteiger partial charge in [0.1, 0.15) is 23.1 Å². The van der Waals surface area contributed by atoms with E-state index in [4.69, 9.17) is 19.4 Å². The van der Waals surface area contributed by atoms with Gasteiger partial charge in [-0.2, -0.15) is 0 Å². The van der Waals surface area contributed by atoms with Gasteiger partial charge in [-0.15, -0.1) is 11.3 Å². The minimum absolute atomic E-state index is 0.125. The van der Waals surface area contributed by atoms with Crippen LogP contribution in [0.25, 0.3) is 22.2 Å². The number of thiazole rings is 1. The molecule has 46 heavy (non-hydrogen) atoms. The number of nitrogens with one attached hydrogen (secondary N) is 2. The van der Waals surface area contributed by atoms with E-state index in [1.807, 2.05) is 41.8 Å². The number of fused-ring (bicyclic) bond motifs is 3. The number of hydrogen-bond acceptors (Lipinski definition) is 9. The molecule has 0 spiro atoms. The average molecular weight is 648 g/mol. The van der Waals surface area contributed by atoms with Gasteiger partial charge in [-0.3, -0.25) is 9.59 Å². The van der Waals surface area contributed by atoms with Gasteiger partial charge in [-0.25, -0.2) is 14.8 Å². The van der Waals surface area contributed by atoms with Crippen LogP contribution in [0.2, 0.25) is 0 Å². The number of aromatic nitrogens is 2. The van der Waals surface area contributed by atoms with Crippen LogP contribution in [0.5, 0.6) is 11.6 Å². The molecule has 11 nitrogen and oxygen atoms in total. The van der Waals surface area contributed by atoms with Gasteiger partial charge in [0, 0.05) is 36.3 Å². The van der Waals surface area contributed by atoms with Gasteiger partial charge in [0.05, 0.1) is 24.6 Å². The molecule has 5 atom stereocenters. The quantitative estimate of drug-likeness (QED) is 0.298. The van der Waals surface area contributed by atoms with Gasteiger partial charge in [0.15, 0.2) is 5.13 Å². The van der Waals surface area contributed by atoms with Crippen molar-refractivity contribution in [3.05, 3.63) is 41.8 Å². The summed E-state index contributed by atoms with van der Waals surface area (Å²) in [5.41, 5.74) is -0.00591. The van der Waals surface area contributed by atoms with Crippen LogP contribution in [0.1, 0.15) is 52.4 Å². The van der Waals surface area contributed by atoms with Crippen molar-refractivity contribution >= 4 is 45.0 Å². The highest BCUT2D eigenvalue weighted by Crippen LogP contribution is 2.46. The Morgan fingerprint density at radius 2 is 1.96 bits per heavy atom. The number of pyridine rings is 1. The summed E-state index contributed by atoms with van der Waals surface area (Å²) in [6.45, 7) is 4.69. The van der Waals surface area contributed by atoms with Crippen molar-refractivity contribution in [3.8, 4) is 23.0 Å². The molecule has 2 saturated carbocycles. The first-order valence-corrected chi connectivity index (χ1v) is 16.8.